The lowest BCUT2D eigenvalue weighted by atomic mass is 9.91. The van der Waals surface area contributed by atoms with Gasteiger partial charge >= 0.3 is 0 Å². The van der Waals surface area contributed by atoms with Crippen molar-refractivity contribution in [2.45, 2.75) is 19.0 Å². The lowest BCUT2D eigenvalue weighted by Crippen LogP contribution is -2.34. The van der Waals surface area contributed by atoms with Crippen molar-refractivity contribution in [3.05, 3.63) is 56.2 Å². The van der Waals surface area contributed by atoms with Gasteiger partial charge in [-0.1, -0.05) is 24.3 Å². The molecule has 0 amide bonds. The maximum Gasteiger partial charge on any atom is 0.0327 e. The van der Waals surface area contributed by atoms with Crippen molar-refractivity contribution in [2.24, 2.45) is 0 Å². The van der Waals surface area contributed by atoms with Crippen molar-refractivity contribution in [3.8, 4) is 0 Å². The molecule has 19 heavy (non-hydrogen) atoms. The monoisotopic (exact) mass is 336 g/mol. The van der Waals surface area contributed by atoms with E-state index >= 15 is 0 Å². The van der Waals surface area contributed by atoms with E-state index in [1.165, 1.54) is 20.5 Å². The molecule has 0 spiro atoms. The van der Waals surface area contributed by atoms with Crippen LogP contribution in [0.3, 0.4) is 0 Å². The van der Waals surface area contributed by atoms with Gasteiger partial charge in [0.25, 0.3) is 0 Å². The van der Waals surface area contributed by atoms with E-state index in [2.05, 4.69) is 62.3 Å². The quantitative estimate of drug-likeness (QED) is 0.893. The van der Waals surface area contributed by atoms with Gasteiger partial charge in [0.05, 0.1) is 0 Å². The van der Waals surface area contributed by atoms with Crippen LogP contribution >= 0.6 is 27.3 Å². The Kier molecular flexibility index (Phi) is 4.33. The minimum Gasteiger partial charge on any atom is -0.312 e. The van der Waals surface area contributed by atoms with Crippen LogP contribution in [0.5, 0.6) is 0 Å². The molecule has 2 N–H and O–H groups in total. The first-order valence-electron chi connectivity index (χ1n) is 6.55. The first kappa shape index (κ1) is 13.3. The highest BCUT2D eigenvalue weighted by Gasteiger charge is 2.18. The molecule has 2 nitrogen and oxygen atoms in total. The summed E-state index contributed by atoms with van der Waals surface area (Å²) >= 11 is 5.37. The maximum absolute atomic E-state index is 3.58. The Hall–Kier alpha value is -0.680. The van der Waals surface area contributed by atoms with Gasteiger partial charge in [0, 0.05) is 41.4 Å². The van der Waals surface area contributed by atoms with Gasteiger partial charge in [0.15, 0.2) is 0 Å². The zero-order chi connectivity index (χ0) is 13.1. The predicted molar refractivity (Wildman–Crippen MR) is 84.6 cm³/mol. The topological polar surface area (TPSA) is 24.1 Å². The summed E-state index contributed by atoms with van der Waals surface area (Å²) in [6.45, 7) is 4.03. The third-order valence-electron chi connectivity index (χ3n) is 3.57. The van der Waals surface area contributed by atoms with Crippen LogP contribution in [-0.2, 0) is 13.1 Å². The van der Waals surface area contributed by atoms with E-state index in [1.807, 2.05) is 0 Å². The third kappa shape index (κ3) is 3.08. The minimum absolute atomic E-state index is 0.573. The molecule has 0 saturated heterocycles. The van der Waals surface area contributed by atoms with Crippen LogP contribution in [0, 0.1) is 0 Å². The highest BCUT2D eigenvalue weighted by atomic mass is 79.9. The molecule has 1 aromatic carbocycles. The molecule has 2 aromatic rings. The third-order valence-corrected chi connectivity index (χ3v) is 5.49. The summed E-state index contributed by atoms with van der Waals surface area (Å²) < 4.78 is 1.21. The molecular formula is C15H17BrN2S. The lowest BCUT2D eigenvalue weighted by Gasteiger charge is -2.26. The molecule has 0 saturated carbocycles. The second kappa shape index (κ2) is 6.18. The van der Waals surface area contributed by atoms with Gasteiger partial charge in [0.1, 0.15) is 0 Å². The molecule has 1 aromatic heterocycles. The van der Waals surface area contributed by atoms with Crippen LogP contribution in [-0.4, -0.2) is 13.1 Å². The fourth-order valence-corrected chi connectivity index (χ4v) is 4.04. The van der Waals surface area contributed by atoms with E-state index in [0.717, 1.165) is 26.2 Å². The van der Waals surface area contributed by atoms with Crippen molar-refractivity contribution >= 4 is 27.3 Å². The molecule has 1 aliphatic rings. The second-order valence-corrected chi connectivity index (χ2v) is 6.70. The second-order valence-electron chi connectivity index (χ2n) is 4.85. The zero-order valence-electron chi connectivity index (χ0n) is 10.7. The van der Waals surface area contributed by atoms with Crippen molar-refractivity contribution in [1.82, 2.24) is 10.6 Å². The molecule has 4 heteroatoms. The summed E-state index contributed by atoms with van der Waals surface area (Å²) in [5, 5.41) is 9.20. The molecule has 0 radical (unpaired) electrons. The minimum atomic E-state index is 0.573. The molecule has 1 unspecified atom stereocenters. The van der Waals surface area contributed by atoms with E-state index in [1.54, 1.807) is 11.3 Å². The highest BCUT2D eigenvalue weighted by Crippen LogP contribution is 2.24. The summed E-state index contributed by atoms with van der Waals surface area (Å²) in [6, 6.07) is 10.9. The Morgan fingerprint density at radius 3 is 3.05 bits per heavy atom. The van der Waals surface area contributed by atoms with Crippen molar-refractivity contribution in [2.75, 3.05) is 13.1 Å². The number of nitrogens with one attached hydrogen (secondary N) is 2. The van der Waals surface area contributed by atoms with Crippen molar-refractivity contribution < 1.29 is 0 Å². The number of rotatable bonds is 4. The van der Waals surface area contributed by atoms with Crippen LogP contribution in [0.4, 0.5) is 0 Å². The van der Waals surface area contributed by atoms with Crippen molar-refractivity contribution in [3.63, 3.8) is 0 Å². The van der Waals surface area contributed by atoms with E-state index < -0.39 is 0 Å². The van der Waals surface area contributed by atoms with Gasteiger partial charge in [-0.15, -0.1) is 11.3 Å². The summed E-state index contributed by atoms with van der Waals surface area (Å²) in [7, 11) is 0. The van der Waals surface area contributed by atoms with Gasteiger partial charge in [-0.05, 0) is 38.5 Å². The van der Waals surface area contributed by atoms with Gasteiger partial charge in [-0.25, -0.2) is 0 Å². The molecule has 0 bridgehead atoms. The summed E-state index contributed by atoms with van der Waals surface area (Å²) in [5.74, 6) is 0.573. The number of fused-ring (bicyclic) bond motifs is 1. The molecule has 1 aliphatic heterocycles. The average molecular weight is 337 g/mol. The van der Waals surface area contributed by atoms with E-state index in [4.69, 9.17) is 0 Å². The summed E-state index contributed by atoms with van der Waals surface area (Å²) in [5.41, 5.74) is 2.94. The van der Waals surface area contributed by atoms with E-state index in [9.17, 15) is 0 Å². The predicted octanol–water partition coefficient (Wildman–Crippen LogP) is 3.49. The van der Waals surface area contributed by atoms with Gasteiger partial charge in [-0.3, -0.25) is 0 Å². The molecular weight excluding hydrogens is 320 g/mol. The Morgan fingerprint density at radius 2 is 2.21 bits per heavy atom. The highest BCUT2D eigenvalue weighted by molar-refractivity contribution is 9.10. The van der Waals surface area contributed by atoms with Crippen LogP contribution in [0.25, 0.3) is 0 Å². The molecule has 0 fully saturated rings. The number of benzene rings is 1. The standard InChI is InChI=1S/C15H17BrN2S/c16-14-5-6-19-15(14)10-18-9-12-8-17-7-11-3-1-2-4-13(11)12/h1-6,12,17-18H,7-10H2. The average Bonchev–Trinajstić information content (AvgIpc) is 2.85. The van der Waals surface area contributed by atoms with Crippen LogP contribution in [0.1, 0.15) is 21.9 Å². The number of halogens is 1. The number of hydrogen-bond donors (Lipinski definition) is 2. The summed E-state index contributed by atoms with van der Waals surface area (Å²) in [4.78, 5) is 1.37. The first-order chi connectivity index (χ1) is 9.34. The first-order valence-corrected chi connectivity index (χ1v) is 8.23. The van der Waals surface area contributed by atoms with Gasteiger partial charge in [-0.2, -0.15) is 0 Å². The van der Waals surface area contributed by atoms with E-state index in [-0.39, 0.29) is 0 Å². The molecule has 1 atom stereocenters. The Labute approximate surface area is 126 Å². The molecule has 0 aliphatic carbocycles. The Bertz CT molecular complexity index is 553. The fourth-order valence-electron chi connectivity index (χ4n) is 2.58. The summed E-state index contributed by atoms with van der Waals surface area (Å²) in [6.07, 6.45) is 0. The molecule has 3 rings (SSSR count). The van der Waals surface area contributed by atoms with Crippen LogP contribution < -0.4 is 10.6 Å². The van der Waals surface area contributed by atoms with Gasteiger partial charge < -0.3 is 10.6 Å². The zero-order valence-corrected chi connectivity index (χ0v) is 13.1. The SMILES string of the molecule is Brc1ccsc1CNCC1CNCc2ccccc21. The fraction of sp³-hybridized carbons (Fsp3) is 0.333. The lowest BCUT2D eigenvalue weighted by molar-refractivity contribution is 0.504. The Morgan fingerprint density at radius 1 is 1.32 bits per heavy atom. The van der Waals surface area contributed by atoms with E-state index in [0.29, 0.717) is 5.92 Å². The van der Waals surface area contributed by atoms with Gasteiger partial charge in [0.2, 0.25) is 0 Å². The molecule has 2 heterocycles. The van der Waals surface area contributed by atoms with Crippen LogP contribution in [0.15, 0.2) is 40.2 Å². The maximum atomic E-state index is 3.58. The van der Waals surface area contributed by atoms with Crippen LogP contribution in [0.2, 0.25) is 0 Å². The number of hydrogen-bond acceptors (Lipinski definition) is 3. The number of thiophene rings is 1. The Balaban J connectivity index is 1.61. The van der Waals surface area contributed by atoms with Crippen molar-refractivity contribution in [1.29, 1.82) is 0 Å². The smallest absolute Gasteiger partial charge is 0.0327 e. The molecule has 100 valence electrons. The normalized spacial score (nSPS) is 18.3. The largest absolute Gasteiger partial charge is 0.312 e.